The van der Waals surface area contributed by atoms with Crippen molar-refractivity contribution in [2.75, 3.05) is 18.9 Å². The molecule has 0 saturated carbocycles. The van der Waals surface area contributed by atoms with Crippen LogP contribution in [0.2, 0.25) is 0 Å². The summed E-state index contributed by atoms with van der Waals surface area (Å²) in [5.74, 6) is -0.470. The maximum Gasteiger partial charge on any atom is 0.196 e. The molecule has 1 aliphatic carbocycles. The number of carbonyl (C=O) groups excluding carboxylic acids is 2. The predicted molar refractivity (Wildman–Crippen MR) is 106 cm³/mol. The van der Waals surface area contributed by atoms with Crippen LogP contribution in [0.3, 0.4) is 0 Å². The van der Waals surface area contributed by atoms with E-state index < -0.39 is 0 Å². The Kier molecular flexibility index (Phi) is 4.77. The Hall–Kier alpha value is -3.28. The molecule has 0 aromatic heterocycles. The number of nitrogen functional groups attached to an aromatic ring is 1. The number of rotatable bonds is 5. The van der Waals surface area contributed by atoms with Crippen LogP contribution < -0.4 is 5.73 Å². The quantitative estimate of drug-likeness (QED) is 0.414. The average molecular weight is 373 g/mol. The first-order chi connectivity index (χ1) is 13.6. The first kappa shape index (κ1) is 18.1. The first-order valence-electron chi connectivity index (χ1n) is 9.01. The van der Waals surface area contributed by atoms with E-state index in [2.05, 4.69) is 0 Å². The molecule has 0 bridgehead atoms. The lowest BCUT2D eigenvalue weighted by molar-refractivity contribution is 0.0817. The number of carbonyl (C=O) groups is 2. The van der Waals surface area contributed by atoms with E-state index in [1.807, 2.05) is 30.3 Å². The minimum Gasteiger partial charge on any atom is -0.398 e. The zero-order valence-electron chi connectivity index (χ0n) is 15.1. The van der Waals surface area contributed by atoms with E-state index in [-0.39, 0.29) is 42.6 Å². The highest BCUT2D eigenvalue weighted by molar-refractivity contribution is 6.30. The lowest BCUT2D eigenvalue weighted by Crippen LogP contribution is -2.23. The monoisotopic (exact) mass is 373 g/mol. The summed E-state index contributed by atoms with van der Waals surface area (Å²) in [7, 11) is 0. The van der Waals surface area contributed by atoms with E-state index in [9.17, 15) is 9.59 Å². The first-order valence-corrected chi connectivity index (χ1v) is 9.01. The van der Waals surface area contributed by atoms with E-state index in [4.69, 9.17) is 15.6 Å². The van der Waals surface area contributed by atoms with Crippen LogP contribution in [-0.2, 0) is 11.3 Å². The lowest BCUT2D eigenvalue weighted by Gasteiger charge is -2.23. The third-order valence-corrected chi connectivity index (χ3v) is 4.89. The number of nitrogens with two attached hydrogens (primary N) is 1. The number of aliphatic hydroxyl groups excluding tert-OH is 1. The van der Waals surface area contributed by atoms with E-state index >= 15 is 0 Å². The molecule has 140 valence electrons. The van der Waals surface area contributed by atoms with E-state index in [0.717, 1.165) is 5.56 Å². The highest BCUT2D eigenvalue weighted by Crippen LogP contribution is 2.39. The molecule has 3 N–H and O–H groups in total. The fraction of sp³-hybridized carbons (Fsp3) is 0.130. The van der Waals surface area contributed by atoms with Crippen LogP contribution in [0.1, 0.15) is 37.4 Å². The molecule has 0 fully saturated rings. The average Bonchev–Trinajstić information content (AvgIpc) is 2.72. The Morgan fingerprint density at radius 3 is 2.14 bits per heavy atom. The van der Waals surface area contributed by atoms with Crippen molar-refractivity contribution in [1.82, 2.24) is 0 Å². The molecule has 0 amide bonds. The van der Waals surface area contributed by atoms with Gasteiger partial charge in [-0.2, -0.15) is 0 Å². The molecular weight excluding hydrogens is 354 g/mol. The third-order valence-electron chi connectivity index (χ3n) is 4.89. The summed E-state index contributed by atoms with van der Waals surface area (Å²) < 4.78 is 5.51. The predicted octanol–water partition coefficient (Wildman–Crippen LogP) is 3.22. The van der Waals surface area contributed by atoms with Crippen LogP contribution in [-0.4, -0.2) is 29.9 Å². The zero-order chi connectivity index (χ0) is 19.7. The van der Waals surface area contributed by atoms with Crippen molar-refractivity contribution < 1.29 is 19.4 Å². The third kappa shape index (κ3) is 2.91. The van der Waals surface area contributed by atoms with Crippen molar-refractivity contribution in [2.45, 2.75) is 6.61 Å². The Bertz CT molecular complexity index is 1070. The van der Waals surface area contributed by atoms with Gasteiger partial charge in [0, 0.05) is 22.3 Å². The molecule has 5 nitrogen and oxygen atoms in total. The molecule has 1 aliphatic rings. The van der Waals surface area contributed by atoms with Crippen LogP contribution in [0.5, 0.6) is 0 Å². The van der Waals surface area contributed by atoms with Crippen LogP contribution in [0.15, 0.2) is 60.7 Å². The Balaban J connectivity index is 1.95. The van der Waals surface area contributed by atoms with E-state index in [1.54, 1.807) is 30.3 Å². The summed E-state index contributed by atoms with van der Waals surface area (Å²) in [4.78, 5) is 26.2. The van der Waals surface area contributed by atoms with Crippen molar-refractivity contribution in [1.29, 1.82) is 0 Å². The topological polar surface area (TPSA) is 89.6 Å². The summed E-state index contributed by atoms with van der Waals surface area (Å²) in [5.41, 5.74) is 10.3. The number of hydrogen-bond donors (Lipinski definition) is 2. The molecule has 0 unspecified atom stereocenters. The molecule has 3 aromatic rings. The molecule has 0 spiro atoms. The summed E-state index contributed by atoms with van der Waals surface area (Å²) in [5, 5.41) is 9.01. The normalized spacial score (nSPS) is 12.6. The van der Waals surface area contributed by atoms with Crippen molar-refractivity contribution >= 4 is 17.3 Å². The molecule has 4 rings (SSSR count). The molecule has 5 heteroatoms. The van der Waals surface area contributed by atoms with Gasteiger partial charge in [-0.3, -0.25) is 9.59 Å². The molecule has 0 heterocycles. The number of aliphatic hydroxyl groups is 1. The number of ketones is 2. The maximum absolute atomic E-state index is 13.1. The minimum absolute atomic E-state index is 0.105. The van der Waals surface area contributed by atoms with Gasteiger partial charge < -0.3 is 15.6 Å². The fourth-order valence-corrected chi connectivity index (χ4v) is 3.65. The smallest absolute Gasteiger partial charge is 0.196 e. The molecule has 0 atom stereocenters. The molecule has 3 aromatic carbocycles. The van der Waals surface area contributed by atoms with Gasteiger partial charge in [0.25, 0.3) is 0 Å². The van der Waals surface area contributed by atoms with Gasteiger partial charge in [-0.15, -0.1) is 0 Å². The van der Waals surface area contributed by atoms with Gasteiger partial charge in [0.05, 0.1) is 31.1 Å². The second-order valence-electron chi connectivity index (χ2n) is 6.59. The highest BCUT2D eigenvalue weighted by atomic mass is 16.5. The number of ether oxygens (including phenoxy) is 1. The SMILES string of the molecule is Nc1c2c(cc(COCCO)c1-c1ccccc1)C(=O)c1ccccc1C2=O. The maximum atomic E-state index is 13.1. The molecular formula is C23H19NO4. The van der Waals surface area contributed by atoms with Crippen molar-refractivity contribution in [3.8, 4) is 11.1 Å². The largest absolute Gasteiger partial charge is 0.398 e. The van der Waals surface area contributed by atoms with E-state index in [1.165, 1.54) is 0 Å². The molecule has 0 aliphatic heterocycles. The van der Waals surface area contributed by atoms with Gasteiger partial charge in [-0.25, -0.2) is 0 Å². The standard InChI is InChI=1S/C23H19NO4/c24-21-19(14-6-2-1-3-7-14)15(13-28-11-10-25)12-18-20(21)23(27)17-9-5-4-8-16(17)22(18)26/h1-9,12,25H,10-11,13,24H2. The second-order valence-corrected chi connectivity index (χ2v) is 6.59. The number of anilines is 1. The number of fused-ring (bicyclic) bond motifs is 2. The minimum atomic E-state index is -0.247. The van der Waals surface area contributed by atoms with Crippen molar-refractivity contribution in [3.05, 3.63) is 88.5 Å². The van der Waals surface area contributed by atoms with Gasteiger partial charge in [0.15, 0.2) is 11.6 Å². The van der Waals surface area contributed by atoms with Crippen LogP contribution >= 0.6 is 0 Å². The van der Waals surface area contributed by atoms with Gasteiger partial charge in [-0.1, -0.05) is 54.6 Å². The zero-order valence-corrected chi connectivity index (χ0v) is 15.1. The van der Waals surface area contributed by atoms with Crippen molar-refractivity contribution in [3.63, 3.8) is 0 Å². The highest BCUT2D eigenvalue weighted by Gasteiger charge is 2.33. The van der Waals surface area contributed by atoms with Gasteiger partial charge >= 0.3 is 0 Å². The second kappa shape index (κ2) is 7.38. The molecule has 28 heavy (non-hydrogen) atoms. The Morgan fingerprint density at radius 1 is 0.821 bits per heavy atom. The number of benzene rings is 3. The van der Waals surface area contributed by atoms with E-state index in [0.29, 0.717) is 27.8 Å². The Morgan fingerprint density at radius 2 is 1.46 bits per heavy atom. The Labute approximate surface area is 162 Å². The van der Waals surface area contributed by atoms with Crippen LogP contribution in [0.25, 0.3) is 11.1 Å². The summed E-state index contributed by atoms with van der Waals surface area (Å²) in [6.07, 6.45) is 0. The van der Waals surface area contributed by atoms with Gasteiger partial charge in [0.1, 0.15) is 0 Å². The summed E-state index contributed by atoms with van der Waals surface area (Å²) in [6, 6.07) is 17.9. The van der Waals surface area contributed by atoms with Crippen LogP contribution in [0, 0.1) is 0 Å². The van der Waals surface area contributed by atoms with Gasteiger partial charge in [0.2, 0.25) is 0 Å². The number of hydrogen-bond acceptors (Lipinski definition) is 5. The summed E-state index contributed by atoms with van der Waals surface area (Å²) >= 11 is 0. The fourth-order valence-electron chi connectivity index (χ4n) is 3.65. The lowest BCUT2D eigenvalue weighted by atomic mass is 9.80. The molecule has 0 saturated heterocycles. The summed E-state index contributed by atoms with van der Waals surface area (Å²) in [6.45, 7) is 0.234. The molecule has 0 radical (unpaired) electrons. The van der Waals surface area contributed by atoms with Crippen molar-refractivity contribution in [2.24, 2.45) is 0 Å². The van der Waals surface area contributed by atoms with Crippen LogP contribution in [0.4, 0.5) is 5.69 Å². The van der Waals surface area contributed by atoms with Gasteiger partial charge in [-0.05, 0) is 17.2 Å².